The van der Waals surface area contributed by atoms with E-state index in [0.29, 0.717) is 17.0 Å². The molecule has 4 aliphatic carbocycles. The smallest absolute Gasteiger partial charge is 0.251 e. The molecule has 1 amide bonds. The second-order valence-electron chi connectivity index (χ2n) is 9.95. The topological polar surface area (TPSA) is 75.6 Å². The van der Waals surface area contributed by atoms with E-state index in [2.05, 4.69) is 5.32 Å². The lowest BCUT2D eigenvalue weighted by molar-refractivity contribution is -0.136. The fourth-order valence-electron chi connectivity index (χ4n) is 6.50. The number of benzene rings is 2. The molecule has 0 spiro atoms. The molecule has 0 aromatic heterocycles. The van der Waals surface area contributed by atoms with E-state index in [1.54, 1.807) is 0 Å². The van der Waals surface area contributed by atoms with E-state index in [-0.39, 0.29) is 41.5 Å². The van der Waals surface area contributed by atoms with E-state index in [1.807, 2.05) is 0 Å². The molecule has 4 aliphatic rings. The van der Waals surface area contributed by atoms with Crippen LogP contribution in [0, 0.1) is 29.4 Å². The van der Waals surface area contributed by atoms with Gasteiger partial charge in [-0.2, -0.15) is 0 Å². The lowest BCUT2D eigenvalue weighted by Crippen LogP contribution is -2.61. The van der Waals surface area contributed by atoms with Crippen LogP contribution >= 0.6 is 0 Å². The fourth-order valence-corrected chi connectivity index (χ4v) is 6.50. The number of aliphatic hydroxyl groups is 1. The normalized spacial score (nSPS) is 29.8. The first kappa shape index (κ1) is 22.2. The van der Waals surface area contributed by atoms with Gasteiger partial charge in [-0.25, -0.2) is 8.78 Å². The zero-order valence-corrected chi connectivity index (χ0v) is 18.4. The van der Waals surface area contributed by atoms with Gasteiger partial charge in [0.15, 0.2) is 5.78 Å². The third-order valence-electron chi connectivity index (χ3n) is 7.62. The third kappa shape index (κ3) is 4.08. The standard InChI is InChI=1S/C26H27F2NO4/c1-33-13-18-8-15(24(30)21-9-19(27)3-5-22(21)28)2-4-20(18)25(31)29-23-16-6-14-7-17(23)12-26(32,10-14)11-16/h2-5,8-9,14,16-17,23,32H,6-7,10-13H2,1H3,(H,29,31). The molecule has 0 saturated heterocycles. The first-order chi connectivity index (χ1) is 15.8. The molecule has 0 radical (unpaired) electrons. The Morgan fingerprint density at radius 1 is 1.06 bits per heavy atom. The number of amides is 1. The summed E-state index contributed by atoms with van der Waals surface area (Å²) in [5.41, 5.74) is 0.107. The van der Waals surface area contributed by atoms with E-state index in [1.165, 1.54) is 25.3 Å². The van der Waals surface area contributed by atoms with Gasteiger partial charge in [-0.05, 0) is 85.8 Å². The molecular formula is C26H27F2NO4. The molecule has 4 bridgehead atoms. The van der Waals surface area contributed by atoms with Crippen molar-refractivity contribution < 1.29 is 28.2 Å². The van der Waals surface area contributed by atoms with Gasteiger partial charge in [0.25, 0.3) is 5.91 Å². The Hall–Kier alpha value is -2.64. The number of nitrogens with one attached hydrogen (secondary N) is 1. The van der Waals surface area contributed by atoms with E-state index in [9.17, 15) is 23.5 Å². The number of methoxy groups -OCH3 is 1. The molecule has 2 atom stereocenters. The van der Waals surface area contributed by atoms with Crippen molar-refractivity contribution in [2.75, 3.05) is 7.11 Å². The number of carbonyl (C=O) groups is 2. The van der Waals surface area contributed by atoms with Gasteiger partial charge in [0, 0.05) is 24.3 Å². The van der Waals surface area contributed by atoms with Crippen molar-refractivity contribution in [1.82, 2.24) is 5.32 Å². The van der Waals surface area contributed by atoms with Crippen LogP contribution in [0.5, 0.6) is 0 Å². The summed E-state index contributed by atoms with van der Waals surface area (Å²) in [5.74, 6) is -1.33. The monoisotopic (exact) mass is 455 g/mol. The van der Waals surface area contributed by atoms with Crippen LogP contribution in [0.25, 0.3) is 0 Å². The highest BCUT2D eigenvalue weighted by Crippen LogP contribution is 2.55. The molecular weight excluding hydrogens is 428 g/mol. The summed E-state index contributed by atoms with van der Waals surface area (Å²) < 4.78 is 32.9. The summed E-state index contributed by atoms with van der Waals surface area (Å²) >= 11 is 0. The van der Waals surface area contributed by atoms with Crippen LogP contribution in [0.3, 0.4) is 0 Å². The second-order valence-corrected chi connectivity index (χ2v) is 9.95. The summed E-state index contributed by atoms with van der Waals surface area (Å²) in [7, 11) is 1.49. The molecule has 4 fully saturated rings. The van der Waals surface area contributed by atoms with Crippen molar-refractivity contribution in [3.63, 3.8) is 0 Å². The molecule has 2 unspecified atom stereocenters. The van der Waals surface area contributed by atoms with Gasteiger partial charge < -0.3 is 15.2 Å². The minimum absolute atomic E-state index is 0.0208. The largest absolute Gasteiger partial charge is 0.390 e. The van der Waals surface area contributed by atoms with Gasteiger partial charge in [0.05, 0.1) is 17.8 Å². The average molecular weight is 456 g/mol. The summed E-state index contributed by atoms with van der Waals surface area (Å²) in [6, 6.07) is 7.27. The zero-order valence-electron chi connectivity index (χ0n) is 18.4. The minimum Gasteiger partial charge on any atom is -0.390 e. The molecule has 0 aliphatic heterocycles. The Bertz CT molecular complexity index is 1100. The van der Waals surface area contributed by atoms with Gasteiger partial charge in [0.1, 0.15) is 11.6 Å². The van der Waals surface area contributed by atoms with E-state index >= 15 is 0 Å². The van der Waals surface area contributed by atoms with Crippen molar-refractivity contribution >= 4 is 11.7 Å². The zero-order chi connectivity index (χ0) is 23.3. The van der Waals surface area contributed by atoms with Gasteiger partial charge in [0.2, 0.25) is 0 Å². The SMILES string of the molecule is COCc1cc(C(=O)c2cc(F)ccc2F)ccc1C(=O)NC1C2CC3CC1CC(O)(C3)C2. The van der Waals surface area contributed by atoms with Crippen LogP contribution in [-0.2, 0) is 11.3 Å². The van der Waals surface area contributed by atoms with Crippen LogP contribution in [0.4, 0.5) is 8.78 Å². The Kier molecular flexibility index (Phi) is 5.57. The lowest BCUT2D eigenvalue weighted by atomic mass is 9.52. The number of ether oxygens (including phenoxy) is 1. The van der Waals surface area contributed by atoms with Crippen LogP contribution in [-0.4, -0.2) is 35.5 Å². The molecule has 7 heteroatoms. The third-order valence-corrected chi connectivity index (χ3v) is 7.62. The summed E-state index contributed by atoms with van der Waals surface area (Å²) in [5, 5.41) is 14.0. The minimum atomic E-state index is -0.806. The predicted octanol–water partition coefficient (Wildman–Crippen LogP) is 4.01. The fraction of sp³-hybridized carbons (Fsp3) is 0.462. The van der Waals surface area contributed by atoms with Crippen molar-refractivity contribution in [2.24, 2.45) is 17.8 Å². The maximum atomic E-state index is 14.1. The van der Waals surface area contributed by atoms with Gasteiger partial charge >= 0.3 is 0 Å². The average Bonchev–Trinajstić information content (AvgIpc) is 2.76. The maximum Gasteiger partial charge on any atom is 0.251 e. The first-order valence-corrected chi connectivity index (χ1v) is 11.4. The predicted molar refractivity (Wildman–Crippen MR) is 117 cm³/mol. The van der Waals surface area contributed by atoms with Gasteiger partial charge in [-0.3, -0.25) is 9.59 Å². The Morgan fingerprint density at radius 2 is 1.79 bits per heavy atom. The molecule has 5 nitrogen and oxygen atoms in total. The van der Waals surface area contributed by atoms with E-state index in [4.69, 9.17) is 4.74 Å². The Balaban J connectivity index is 1.39. The molecule has 2 aromatic rings. The van der Waals surface area contributed by atoms with Crippen LogP contribution in [0.15, 0.2) is 36.4 Å². The Labute approximate surface area is 191 Å². The molecule has 4 saturated carbocycles. The summed E-state index contributed by atoms with van der Waals surface area (Å²) in [6.45, 7) is 0.0921. The molecule has 0 heterocycles. The number of halogens is 2. The highest BCUT2D eigenvalue weighted by molar-refractivity contribution is 6.10. The molecule has 2 N–H and O–H groups in total. The van der Waals surface area contributed by atoms with Crippen molar-refractivity contribution in [2.45, 2.75) is 50.4 Å². The summed E-state index contributed by atoms with van der Waals surface area (Å²) in [4.78, 5) is 26.0. The van der Waals surface area contributed by atoms with E-state index < -0.39 is 23.0 Å². The lowest BCUT2D eigenvalue weighted by Gasteiger charge is -2.58. The number of ketones is 1. The van der Waals surface area contributed by atoms with Crippen LogP contribution in [0.2, 0.25) is 0 Å². The Morgan fingerprint density at radius 3 is 2.45 bits per heavy atom. The quantitative estimate of drug-likeness (QED) is 0.646. The number of hydrogen-bond donors (Lipinski definition) is 2. The second kappa shape index (κ2) is 8.29. The van der Waals surface area contributed by atoms with Crippen molar-refractivity contribution in [3.05, 3.63) is 70.3 Å². The highest BCUT2D eigenvalue weighted by Gasteiger charge is 2.55. The first-order valence-electron chi connectivity index (χ1n) is 11.4. The molecule has 2 aromatic carbocycles. The van der Waals surface area contributed by atoms with Crippen molar-refractivity contribution in [3.8, 4) is 0 Å². The number of carbonyl (C=O) groups excluding carboxylic acids is 2. The molecule has 6 rings (SSSR count). The molecule has 33 heavy (non-hydrogen) atoms. The van der Waals surface area contributed by atoms with Gasteiger partial charge in [-0.15, -0.1) is 0 Å². The van der Waals surface area contributed by atoms with E-state index in [0.717, 1.165) is 50.3 Å². The van der Waals surface area contributed by atoms with Crippen LogP contribution in [0.1, 0.15) is 63.9 Å². The summed E-state index contributed by atoms with van der Waals surface area (Å²) in [6.07, 6.45) is 4.38. The number of hydrogen-bond acceptors (Lipinski definition) is 4. The number of rotatable bonds is 6. The maximum absolute atomic E-state index is 14.1. The molecule has 174 valence electrons. The van der Waals surface area contributed by atoms with Gasteiger partial charge in [-0.1, -0.05) is 6.07 Å². The highest BCUT2D eigenvalue weighted by atomic mass is 19.1. The van der Waals surface area contributed by atoms with Crippen LogP contribution < -0.4 is 5.32 Å². The van der Waals surface area contributed by atoms with Crippen molar-refractivity contribution in [1.29, 1.82) is 0 Å².